The molecule has 0 spiro atoms. The van der Waals surface area contributed by atoms with Crippen molar-refractivity contribution in [2.75, 3.05) is 0 Å². The quantitative estimate of drug-likeness (QED) is 0.658. The second kappa shape index (κ2) is 5.48. The van der Waals surface area contributed by atoms with E-state index in [2.05, 4.69) is 10.5 Å². The second-order valence-corrected chi connectivity index (χ2v) is 4.51. The predicted octanol–water partition coefficient (Wildman–Crippen LogP) is 1.96. The first-order valence-corrected chi connectivity index (χ1v) is 5.86. The number of aromatic nitrogens is 2. The van der Waals surface area contributed by atoms with Crippen LogP contribution in [0.3, 0.4) is 0 Å². The maximum atomic E-state index is 13.0. The molecular weight excluding hydrogens is 255 g/mol. The highest BCUT2D eigenvalue weighted by Crippen LogP contribution is 2.23. The number of aryl methyl sites for hydroxylation is 1. The molecule has 18 heavy (non-hydrogen) atoms. The number of benzene rings is 1. The van der Waals surface area contributed by atoms with Crippen LogP contribution in [0.2, 0.25) is 5.02 Å². The lowest BCUT2D eigenvalue weighted by atomic mass is 10.0. The normalized spacial score (nSPS) is 12.7. The topological polar surface area (TPSA) is 55.9 Å². The van der Waals surface area contributed by atoms with Crippen LogP contribution in [0.5, 0.6) is 0 Å². The first-order chi connectivity index (χ1) is 8.60. The third-order valence-electron chi connectivity index (χ3n) is 2.77. The van der Waals surface area contributed by atoms with Crippen LogP contribution >= 0.6 is 11.6 Å². The summed E-state index contributed by atoms with van der Waals surface area (Å²) in [4.78, 5) is 0. The van der Waals surface area contributed by atoms with E-state index in [0.29, 0.717) is 11.4 Å². The summed E-state index contributed by atoms with van der Waals surface area (Å²) in [5.74, 6) is 5.19. The lowest BCUT2D eigenvalue weighted by molar-refractivity contribution is 0.550. The fourth-order valence-corrected chi connectivity index (χ4v) is 2.04. The van der Waals surface area contributed by atoms with Gasteiger partial charge in [0.1, 0.15) is 5.82 Å². The minimum absolute atomic E-state index is 0.110. The summed E-state index contributed by atoms with van der Waals surface area (Å²) < 4.78 is 14.7. The van der Waals surface area contributed by atoms with Crippen molar-refractivity contribution >= 4 is 11.6 Å². The summed E-state index contributed by atoms with van der Waals surface area (Å²) >= 11 is 5.99. The van der Waals surface area contributed by atoms with Gasteiger partial charge in [0.25, 0.3) is 0 Å². The molecular formula is C12H14ClFN4. The Morgan fingerprint density at radius 3 is 2.89 bits per heavy atom. The summed E-state index contributed by atoms with van der Waals surface area (Å²) in [6.07, 6.45) is 4.19. The van der Waals surface area contributed by atoms with Crippen LogP contribution < -0.4 is 11.3 Å². The van der Waals surface area contributed by atoms with Crippen molar-refractivity contribution in [1.29, 1.82) is 0 Å². The first kappa shape index (κ1) is 13.0. The van der Waals surface area contributed by atoms with Gasteiger partial charge in [-0.15, -0.1) is 0 Å². The van der Waals surface area contributed by atoms with Gasteiger partial charge in [0, 0.05) is 23.8 Å². The van der Waals surface area contributed by atoms with E-state index < -0.39 is 0 Å². The van der Waals surface area contributed by atoms with Crippen molar-refractivity contribution in [2.24, 2.45) is 12.9 Å². The molecule has 0 amide bonds. The SMILES string of the molecule is Cn1cc(C(Cc2ccc(F)cc2Cl)NN)cn1. The molecule has 1 heterocycles. The van der Waals surface area contributed by atoms with Crippen molar-refractivity contribution < 1.29 is 4.39 Å². The van der Waals surface area contributed by atoms with Crippen molar-refractivity contribution in [3.05, 3.63) is 52.6 Å². The summed E-state index contributed by atoms with van der Waals surface area (Å²) in [6, 6.07) is 4.24. The fourth-order valence-electron chi connectivity index (χ4n) is 1.80. The zero-order valence-corrected chi connectivity index (χ0v) is 10.7. The molecule has 0 aliphatic rings. The Hall–Kier alpha value is -1.43. The van der Waals surface area contributed by atoms with Gasteiger partial charge in [-0.3, -0.25) is 16.0 Å². The third-order valence-corrected chi connectivity index (χ3v) is 3.12. The molecule has 1 atom stereocenters. The van der Waals surface area contributed by atoms with Crippen LogP contribution in [0.4, 0.5) is 4.39 Å². The number of nitrogens with zero attached hydrogens (tertiary/aromatic N) is 2. The Kier molecular flexibility index (Phi) is 3.96. The molecule has 0 saturated heterocycles. The molecule has 0 aliphatic carbocycles. The molecule has 0 fully saturated rings. The van der Waals surface area contributed by atoms with Crippen molar-refractivity contribution in [3.63, 3.8) is 0 Å². The van der Waals surface area contributed by atoms with Gasteiger partial charge < -0.3 is 0 Å². The number of hydrogen-bond donors (Lipinski definition) is 2. The van der Waals surface area contributed by atoms with Gasteiger partial charge in [-0.25, -0.2) is 4.39 Å². The van der Waals surface area contributed by atoms with Crippen LogP contribution in [0.1, 0.15) is 17.2 Å². The van der Waals surface area contributed by atoms with Crippen molar-refractivity contribution in [2.45, 2.75) is 12.5 Å². The minimum Gasteiger partial charge on any atom is -0.275 e. The Balaban J connectivity index is 2.20. The highest BCUT2D eigenvalue weighted by Gasteiger charge is 2.14. The van der Waals surface area contributed by atoms with Crippen LogP contribution in [-0.4, -0.2) is 9.78 Å². The number of hydrazine groups is 1. The van der Waals surface area contributed by atoms with E-state index in [0.717, 1.165) is 11.1 Å². The molecule has 6 heteroatoms. The molecule has 96 valence electrons. The molecule has 2 aromatic rings. The first-order valence-electron chi connectivity index (χ1n) is 5.48. The molecule has 2 rings (SSSR count). The van der Waals surface area contributed by atoms with E-state index in [1.54, 1.807) is 16.9 Å². The van der Waals surface area contributed by atoms with Gasteiger partial charge in [0.15, 0.2) is 0 Å². The van der Waals surface area contributed by atoms with Crippen molar-refractivity contribution in [1.82, 2.24) is 15.2 Å². The maximum Gasteiger partial charge on any atom is 0.124 e. The third kappa shape index (κ3) is 2.87. The van der Waals surface area contributed by atoms with E-state index in [-0.39, 0.29) is 11.9 Å². The molecule has 0 radical (unpaired) electrons. The molecule has 4 nitrogen and oxygen atoms in total. The maximum absolute atomic E-state index is 13.0. The average Bonchev–Trinajstić information content (AvgIpc) is 2.75. The van der Waals surface area contributed by atoms with E-state index in [1.165, 1.54) is 12.1 Å². The summed E-state index contributed by atoms with van der Waals surface area (Å²) in [6.45, 7) is 0. The number of nitrogens with one attached hydrogen (secondary N) is 1. The average molecular weight is 269 g/mol. The zero-order chi connectivity index (χ0) is 13.1. The monoisotopic (exact) mass is 268 g/mol. The number of rotatable bonds is 4. The molecule has 0 aliphatic heterocycles. The van der Waals surface area contributed by atoms with E-state index in [9.17, 15) is 4.39 Å². The van der Waals surface area contributed by atoms with Gasteiger partial charge in [-0.05, 0) is 24.1 Å². The van der Waals surface area contributed by atoms with Gasteiger partial charge in [-0.2, -0.15) is 5.10 Å². The minimum atomic E-state index is -0.345. The van der Waals surface area contributed by atoms with E-state index >= 15 is 0 Å². The lowest BCUT2D eigenvalue weighted by Crippen LogP contribution is -2.29. The van der Waals surface area contributed by atoms with Crippen LogP contribution in [0, 0.1) is 5.82 Å². The number of hydrogen-bond acceptors (Lipinski definition) is 3. The molecule has 1 aromatic heterocycles. The van der Waals surface area contributed by atoms with Crippen LogP contribution in [-0.2, 0) is 13.5 Å². The molecule has 0 bridgehead atoms. The Bertz CT molecular complexity index is 541. The highest BCUT2D eigenvalue weighted by molar-refractivity contribution is 6.31. The summed E-state index contributed by atoms with van der Waals surface area (Å²) in [5.41, 5.74) is 4.51. The Labute approximate surface area is 110 Å². The van der Waals surface area contributed by atoms with Crippen LogP contribution in [0.15, 0.2) is 30.6 Å². The second-order valence-electron chi connectivity index (χ2n) is 4.11. The molecule has 1 unspecified atom stereocenters. The van der Waals surface area contributed by atoms with E-state index in [4.69, 9.17) is 17.4 Å². The lowest BCUT2D eigenvalue weighted by Gasteiger charge is -2.15. The van der Waals surface area contributed by atoms with Gasteiger partial charge >= 0.3 is 0 Å². The van der Waals surface area contributed by atoms with Gasteiger partial charge in [0.05, 0.1) is 12.2 Å². The summed E-state index contributed by atoms with van der Waals surface area (Å²) in [7, 11) is 1.84. The molecule has 1 aromatic carbocycles. The van der Waals surface area contributed by atoms with E-state index in [1.807, 2.05) is 13.2 Å². The van der Waals surface area contributed by atoms with Gasteiger partial charge in [-0.1, -0.05) is 17.7 Å². The summed E-state index contributed by atoms with van der Waals surface area (Å²) in [5, 5.41) is 4.49. The molecule has 0 saturated carbocycles. The zero-order valence-electron chi connectivity index (χ0n) is 9.90. The number of halogens is 2. The standard InChI is InChI=1S/C12H14ClFN4/c1-18-7-9(6-16-18)12(17-15)4-8-2-3-10(14)5-11(8)13/h2-3,5-7,12,17H,4,15H2,1H3. The fraction of sp³-hybridized carbons (Fsp3) is 0.250. The predicted molar refractivity (Wildman–Crippen MR) is 68.4 cm³/mol. The Morgan fingerprint density at radius 2 is 2.33 bits per heavy atom. The highest BCUT2D eigenvalue weighted by atomic mass is 35.5. The molecule has 3 N–H and O–H groups in total. The smallest absolute Gasteiger partial charge is 0.124 e. The van der Waals surface area contributed by atoms with Crippen LogP contribution in [0.25, 0.3) is 0 Å². The largest absolute Gasteiger partial charge is 0.275 e. The Morgan fingerprint density at radius 1 is 1.56 bits per heavy atom. The van der Waals surface area contributed by atoms with Crippen molar-refractivity contribution in [3.8, 4) is 0 Å². The number of nitrogens with two attached hydrogens (primary N) is 1. The van der Waals surface area contributed by atoms with Gasteiger partial charge in [0.2, 0.25) is 0 Å².